The maximum absolute atomic E-state index is 13.3. The zero-order valence-corrected chi connectivity index (χ0v) is 11.5. The summed E-state index contributed by atoms with van der Waals surface area (Å²) in [4.78, 5) is 13.6. The average Bonchev–Trinajstić information content (AvgIpc) is 2.49. The molecule has 1 fully saturated rings. The van der Waals surface area contributed by atoms with Gasteiger partial charge in [0.05, 0.1) is 13.2 Å². The molecule has 6 heteroatoms. The lowest BCUT2D eigenvalue weighted by molar-refractivity contribution is -0.144. The number of hydrogen-bond donors (Lipinski definition) is 1. The molecule has 0 bridgehead atoms. The standard InChI is InChI=1S/C14H19FN2O3/c1-17(14(18)13-10-16-6-8-19-13)7-9-20-12-5-3-2-4-11(12)15/h2-5,13,16H,6-10H2,1H3/t13-/m0/s1. The molecule has 0 radical (unpaired) electrons. The SMILES string of the molecule is CN(CCOc1ccccc1F)C(=O)[C@@H]1CNCCO1. The van der Waals surface area contributed by atoms with E-state index in [1.807, 2.05) is 0 Å². The molecule has 0 saturated carbocycles. The largest absolute Gasteiger partial charge is 0.489 e. The summed E-state index contributed by atoms with van der Waals surface area (Å²) in [6.07, 6.45) is -0.442. The molecular weight excluding hydrogens is 263 g/mol. The highest BCUT2D eigenvalue weighted by Gasteiger charge is 2.24. The number of carbonyl (C=O) groups excluding carboxylic acids is 1. The summed E-state index contributed by atoms with van der Waals surface area (Å²) in [5, 5.41) is 3.11. The number of benzene rings is 1. The third-order valence-electron chi connectivity index (χ3n) is 3.10. The number of likely N-dealkylation sites (N-methyl/N-ethyl adjacent to an activating group) is 1. The van der Waals surface area contributed by atoms with Crippen molar-refractivity contribution in [3.8, 4) is 5.75 Å². The molecule has 5 nitrogen and oxygen atoms in total. The Morgan fingerprint density at radius 1 is 1.55 bits per heavy atom. The van der Waals surface area contributed by atoms with E-state index in [-0.39, 0.29) is 18.3 Å². The predicted molar refractivity (Wildman–Crippen MR) is 72.1 cm³/mol. The molecule has 2 rings (SSSR count). The van der Waals surface area contributed by atoms with Crippen LogP contribution in [0.1, 0.15) is 0 Å². The molecule has 0 unspecified atom stereocenters. The first-order chi connectivity index (χ1) is 9.68. The van der Waals surface area contributed by atoms with Crippen molar-refractivity contribution in [1.29, 1.82) is 0 Å². The molecular formula is C14H19FN2O3. The van der Waals surface area contributed by atoms with E-state index < -0.39 is 11.9 Å². The van der Waals surface area contributed by atoms with E-state index >= 15 is 0 Å². The predicted octanol–water partition coefficient (Wildman–Crippen LogP) is 0.651. The van der Waals surface area contributed by atoms with Gasteiger partial charge in [0.25, 0.3) is 5.91 Å². The van der Waals surface area contributed by atoms with Crippen LogP contribution in [-0.2, 0) is 9.53 Å². The van der Waals surface area contributed by atoms with Crippen molar-refractivity contribution in [3.05, 3.63) is 30.1 Å². The Bertz CT molecular complexity index is 450. The van der Waals surface area contributed by atoms with E-state index in [2.05, 4.69) is 5.32 Å². The van der Waals surface area contributed by atoms with Gasteiger partial charge >= 0.3 is 0 Å². The molecule has 110 valence electrons. The van der Waals surface area contributed by atoms with Gasteiger partial charge in [0.2, 0.25) is 0 Å². The quantitative estimate of drug-likeness (QED) is 0.861. The minimum atomic E-state index is -0.442. The van der Waals surface area contributed by atoms with E-state index in [1.165, 1.54) is 6.07 Å². The molecule has 1 saturated heterocycles. The number of hydrogen-bond acceptors (Lipinski definition) is 4. The van der Waals surface area contributed by atoms with Crippen LogP contribution in [0.15, 0.2) is 24.3 Å². The van der Waals surface area contributed by atoms with Gasteiger partial charge in [0.15, 0.2) is 11.6 Å². The number of amides is 1. The Morgan fingerprint density at radius 3 is 3.05 bits per heavy atom. The van der Waals surface area contributed by atoms with Crippen molar-refractivity contribution in [2.75, 3.05) is 39.9 Å². The van der Waals surface area contributed by atoms with Gasteiger partial charge in [0.1, 0.15) is 12.7 Å². The first-order valence-corrected chi connectivity index (χ1v) is 6.63. The molecule has 0 aliphatic carbocycles. The van der Waals surface area contributed by atoms with Crippen molar-refractivity contribution in [1.82, 2.24) is 10.2 Å². The van der Waals surface area contributed by atoms with E-state index in [0.29, 0.717) is 19.7 Å². The monoisotopic (exact) mass is 282 g/mol. The summed E-state index contributed by atoms with van der Waals surface area (Å²) in [5.74, 6) is -0.292. The van der Waals surface area contributed by atoms with Crippen LogP contribution in [0.2, 0.25) is 0 Å². The van der Waals surface area contributed by atoms with E-state index in [9.17, 15) is 9.18 Å². The van der Waals surface area contributed by atoms with Crippen molar-refractivity contribution < 1.29 is 18.7 Å². The van der Waals surface area contributed by atoms with Crippen molar-refractivity contribution in [3.63, 3.8) is 0 Å². The first-order valence-electron chi connectivity index (χ1n) is 6.63. The highest BCUT2D eigenvalue weighted by Crippen LogP contribution is 2.15. The third-order valence-corrected chi connectivity index (χ3v) is 3.10. The number of nitrogens with one attached hydrogen (secondary N) is 1. The Balaban J connectivity index is 1.75. The minimum Gasteiger partial charge on any atom is -0.489 e. The van der Waals surface area contributed by atoms with Crippen LogP contribution in [-0.4, -0.2) is 56.8 Å². The van der Waals surface area contributed by atoms with Gasteiger partial charge in [-0.25, -0.2) is 4.39 Å². The molecule has 1 aliphatic heterocycles. The van der Waals surface area contributed by atoms with Crippen LogP contribution in [0.4, 0.5) is 4.39 Å². The molecule has 1 aromatic rings. The van der Waals surface area contributed by atoms with Gasteiger partial charge in [-0.3, -0.25) is 4.79 Å². The summed E-state index contributed by atoms with van der Waals surface area (Å²) in [7, 11) is 1.69. The zero-order chi connectivity index (χ0) is 14.4. The average molecular weight is 282 g/mol. The highest BCUT2D eigenvalue weighted by molar-refractivity contribution is 5.81. The van der Waals surface area contributed by atoms with Gasteiger partial charge in [-0.15, -0.1) is 0 Å². The fraction of sp³-hybridized carbons (Fsp3) is 0.500. The lowest BCUT2D eigenvalue weighted by Gasteiger charge is -2.27. The maximum atomic E-state index is 13.3. The van der Waals surface area contributed by atoms with Crippen LogP contribution in [0.3, 0.4) is 0 Å². The van der Waals surface area contributed by atoms with E-state index in [0.717, 1.165) is 6.54 Å². The molecule has 1 aromatic carbocycles. The highest BCUT2D eigenvalue weighted by atomic mass is 19.1. The number of nitrogens with zero attached hydrogens (tertiary/aromatic N) is 1. The second-order valence-corrected chi connectivity index (χ2v) is 4.60. The lowest BCUT2D eigenvalue weighted by Crippen LogP contribution is -2.49. The minimum absolute atomic E-state index is 0.0886. The van der Waals surface area contributed by atoms with Crippen molar-refractivity contribution >= 4 is 5.91 Å². The Morgan fingerprint density at radius 2 is 2.35 bits per heavy atom. The zero-order valence-electron chi connectivity index (χ0n) is 11.5. The van der Waals surface area contributed by atoms with Gasteiger partial charge in [0, 0.05) is 20.1 Å². The van der Waals surface area contributed by atoms with E-state index in [4.69, 9.17) is 9.47 Å². The Kier molecular flexibility index (Phi) is 5.31. The van der Waals surface area contributed by atoms with Crippen LogP contribution >= 0.6 is 0 Å². The van der Waals surface area contributed by atoms with Gasteiger partial charge in [-0.2, -0.15) is 0 Å². The lowest BCUT2D eigenvalue weighted by atomic mass is 10.2. The number of ether oxygens (including phenoxy) is 2. The fourth-order valence-electron chi connectivity index (χ4n) is 1.93. The number of morpholine rings is 1. The molecule has 20 heavy (non-hydrogen) atoms. The molecule has 1 aliphatic rings. The second-order valence-electron chi connectivity index (χ2n) is 4.60. The molecule has 1 N–H and O–H groups in total. The van der Waals surface area contributed by atoms with Gasteiger partial charge in [-0.05, 0) is 12.1 Å². The number of halogens is 1. The molecule has 1 amide bonds. The molecule has 1 atom stereocenters. The Hall–Kier alpha value is -1.66. The summed E-state index contributed by atoms with van der Waals surface area (Å²) in [5.41, 5.74) is 0. The fourth-order valence-corrected chi connectivity index (χ4v) is 1.93. The van der Waals surface area contributed by atoms with Gasteiger partial charge in [-0.1, -0.05) is 12.1 Å². The first kappa shape index (κ1) is 14.7. The summed E-state index contributed by atoms with van der Waals surface area (Å²) < 4.78 is 24.0. The van der Waals surface area contributed by atoms with E-state index in [1.54, 1.807) is 30.1 Å². The van der Waals surface area contributed by atoms with Crippen LogP contribution in [0.5, 0.6) is 5.75 Å². The van der Waals surface area contributed by atoms with Crippen LogP contribution in [0, 0.1) is 5.82 Å². The summed E-state index contributed by atoms with van der Waals surface area (Å²) in [6.45, 7) is 2.45. The van der Waals surface area contributed by atoms with Crippen LogP contribution in [0.25, 0.3) is 0 Å². The summed E-state index contributed by atoms with van der Waals surface area (Å²) >= 11 is 0. The van der Waals surface area contributed by atoms with Gasteiger partial charge < -0.3 is 19.7 Å². The number of carbonyl (C=O) groups is 1. The maximum Gasteiger partial charge on any atom is 0.252 e. The second kappa shape index (κ2) is 7.21. The topological polar surface area (TPSA) is 50.8 Å². The van der Waals surface area contributed by atoms with Crippen molar-refractivity contribution in [2.45, 2.75) is 6.10 Å². The van der Waals surface area contributed by atoms with Crippen molar-refractivity contribution in [2.24, 2.45) is 0 Å². The summed E-state index contributed by atoms with van der Waals surface area (Å²) in [6, 6.07) is 6.21. The Labute approximate surface area is 117 Å². The number of para-hydroxylation sites is 1. The third kappa shape index (κ3) is 3.91. The molecule has 0 aromatic heterocycles. The normalized spacial score (nSPS) is 18.6. The van der Waals surface area contributed by atoms with Crippen LogP contribution < -0.4 is 10.1 Å². The molecule has 0 spiro atoms. The molecule has 1 heterocycles. The number of rotatable bonds is 5. The smallest absolute Gasteiger partial charge is 0.252 e.